The van der Waals surface area contributed by atoms with Gasteiger partial charge in [0.15, 0.2) is 5.82 Å². The number of hydrogen-bond acceptors (Lipinski definition) is 7. The van der Waals surface area contributed by atoms with Gasteiger partial charge in [-0.1, -0.05) is 42.2 Å². The Morgan fingerprint density at radius 2 is 1.84 bits per heavy atom. The fourth-order valence-electron chi connectivity index (χ4n) is 5.62. The predicted molar refractivity (Wildman–Crippen MR) is 171 cm³/mol. The molecule has 4 heterocycles. The highest BCUT2D eigenvalue weighted by molar-refractivity contribution is 6.04. The Morgan fingerprint density at radius 1 is 1.11 bits per heavy atom. The number of anilines is 2. The van der Waals surface area contributed by atoms with Crippen LogP contribution in [-0.4, -0.2) is 60.7 Å². The molecule has 11 nitrogen and oxygen atoms in total. The van der Waals surface area contributed by atoms with Crippen molar-refractivity contribution >= 4 is 29.3 Å². The van der Waals surface area contributed by atoms with Crippen LogP contribution in [0.25, 0.3) is 22.3 Å². The van der Waals surface area contributed by atoms with Crippen molar-refractivity contribution in [1.29, 1.82) is 0 Å². The largest absolute Gasteiger partial charge is 0.382 e. The lowest BCUT2D eigenvalue weighted by atomic mass is 9.93. The van der Waals surface area contributed by atoms with E-state index in [1.807, 2.05) is 22.7 Å². The third kappa shape index (κ3) is 6.04. The van der Waals surface area contributed by atoms with Crippen LogP contribution in [0.3, 0.4) is 0 Å². The Morgan fingerprint density at radius 3 is 2.53 bits per heavy atom. The minimum atomic E-state index is -0.871. The van der Waals surface area contributed by atoms with Crippen LogP contribution in [0.15, 0.2) is 84.0 Å². The molecule has 0 spiro atoms. The van der Waals surface area contributed by atoms with Crippen LogP contribution >= 0.6 is 0 Å². The number of nitrogens with two attached hydrogens (primary N) is 1. The topological polar surface area (TPSA) is 148 Å². The van der Waals surface area contributed by atoms with Crippen molar-refractivity contribution in [1.82, 2.24) is 24.1 Å². The summed E-state index contributed by atoms with van der Waals surface area (Å²) in [5.41, 5.74) is 10.6. The number of nitrogens with zero attached hydrogens (tertiary/aromatic N) is 5. The number of nitrogen functional groups attached to an aromatic ring is 1. The summed E-state index contributed by atoms with van der Waals surface area (Å²) in [6, 6.07) is 19.7. The SMILES string of the molecule is CC(O)C#Cc1cc(C(=O)Nc2ccc(-c3cc(C4CCN(C=O)CC4)n4ncnc(N)c34)cc2)c(=O)n(-c2ccccc2)c1. The Bertz CT molecular complexity index is 2000. The van der Waals surface area contributed by atoms with E-state index in [1.165, 1.54) is 23.9 Å². The third-order valence-corrected chi connectivity index (χ3v) is 7.88. The first kappa shape index (κ1) is 29.3. The summed E-state index contributed by atoms with van der Waals surface area (Å²) in [7, 11) is 0. The minimum Gasteiger partial charge on any atom is -0.382 e. The van der Waals surface area contributed by atoms with E-state index in [0.29, 0.717) is 41.4 Å². The van der Waals surface area contributed by atoms with Gasteiger partial charge in [-0.05, 0) is 61.7 Å². The molecule has 4 N–H and O–H groups in total. The van der Waals surface area contributed by atoms with Crippen molar-refractivity contribution in [2.24, 2.45) is 0 Å². The normalized spacial score (nSPS) is 14.0. The smallest absolute Gasteiger partial charge is 0.268 e. The van der Waals surface area contributed by atoms with Gasteiger partial charge < -0.3 is 21.1 Å². The van der Waals surface area contributed by atoms with E-state index in [1.54, 1.807) is 47.5 Å². The summed E-state index contributed by atoms with van der Waals surface area (Å²) in [6.45, 7) is 2.89. The molecule has 1 unspecified atom stereocenters. The zero-order valence-electron chi connectivity index (χ0n) is 24.6. The minimum absolute atomic E-state index is 0.0889. The van der Waals surface area contributed by atoms with E-state index < -0.39 is 17.6 Å². The highest BCUT2D eigenvalue weighted by atomic mass is 16.3. The number of fused-ring (bicyclic) bond motifs is 1. The van der Waals surface area contributed by atoms with Crippen LogP contribution in [0.2, 0.25) is 0 Å². The van der Waals surface area contributed by atoms with Crippen LogP contribution in [0.1, 0.15) is 47.3 Å². The fraction of sp³-hybridized carbons (Fsp3) is 0.206. The highest BCUT2D eigenvalue weighted by Crippen LogP contribution is 2.36. The summed E-state index contributed by atoms with van der Waals surface area (Å²) in [4.78, 5) is 44.0. The molecule has 5 aromatic rings. The van der Waals surface area contributed by atoms with Gasteiger partial charge in [0, 0.05) is 53.4 Å². The molecule has 1 atom stereocenters. The lowest BCUT2D eigenvalue weighted by Gasteiger charge is -2.28. The number of amides is 2. The molecule has 6 rings (SSSR count). The van der Waals surface area contributed by atoms with Crippen LogP contribution in [0.4, 0.5) is 11.5 Å². The second-order valence-electron chi connectivity index (χ2n) is 10.9. The molecule has 0 bridgehead atoms. The number of aliphatic hydroxyl groups excluding tert-OH is 1. The van der Waals surface area contributed by atoms with Crippen molar-refractivity contribution in [3.63, 3.8) is 0 Å². The van der Waals surface area contributed by atoms with E-state index in [0.717, 1.165) is 36.1 Å². The third-order valence-electron chi connectivity index (χ3n) is 7.88. The number of likely N-dealkylation sites (tertiary alicyclic amines) is 1. The Balaban J connectivity index is 1.30. The van der Waals surface area contributed by atoms with Crippen molar-refractivity contribution in [3.8, 4) is 28.7 Å². The monoisotopic (exact) mass is 601 g/mol. The Labute approximate surface area is 258 Å². The number of aliphatic hydroxyl groups is 1. The molecular weight excluding hydrogens is 570 g/mol. The number of pyridine rings is 1. The molecule has 226 valence electrons. The number of benzene rings is 2. The van der Waals surface area contributed by atoms with Gasteiger partial charge >= 0.3 is 0 Å². The zero-order valence-corrected chi connectivity index (χ0v) is 24.6. The van der Waals surface area contributed by atoms with Gasteiger partial charge in [-0.2, -0.15) is 5.10 Å². The van der Waals surface area contributed by atoms with Crippen LogP contribution < -0.4 is 16.6 Å². The van der Waals surface area contributed by atoms with Crippen LogP contribution in [0, 0.1) is 11.8 Å². The molecule has 45 heavy (non-hydrogen) atoms. The fourth-order valence-corrected chi connectivity index (χ4v) is 5.62. The number of nitrogens with one attached hydrogen (secondary N) is 1. The number of piperidine rings is 1. The maximum absolute atomic E-state index is 13.4. The van der Waals surface area contributed by atoms with Crippen molar-refractivity contribution in [3.05, 3.63) is 106 Å². The number of hydrogen-bond donors (Lipinski definition) is 3. The van der Waals surface area contributed by atoms with E-state index in [-0.39, 0.29) is 11.5 Å². The maximum atomic E-state index is 13.4. The van der Waals surface area contributed by atoms with Crippen LogP contribution in [-0.2, 0) is 4.79 Å². The molecule has 3 aromatic heterocycles. The summed E-state index contributed by atoms with van der Waals surface area (Å²) in [5, 5.41) is 17.0. The molecule has 0 aliphatic carbocycles. The van der Waals surface area contributed by atoms with Gasteiger partial charge in [-0.15, -0.1) is 0 Å². The zero-order chi connectivity index (χ0) is 31.5. The number of para-hydroxylation sites is 1. The number of aromatic nitrogens is 4. The average molecular weight is 602 g/mol. The van der Waals surface area contributed by atoms with E-state index >= 15 is 0 Å². The average Bonchev–Trinajstić information content (AvgIpc) is 3.46. The van der Waals surface area contributed by atoms with E-state index in [9.17, 15) is 19.5 Å². The Hall–Kier alpha value is -5.73. The van der Waals surface area contributed by atoms with Crippen molar-refractivity contribution in [2.45, 2.75) is 31.8 Å². The second kappa shape index (κ2) is 12.5. The first-order valence-corrected chi connectivity index (χ1v) is 14.6. The molecule has 0 radical (unpaired) electrons. The molecule has 11 heteroatoms. The molecule has 2 aromatic carbocycles. The Kier molecular flexibility index (Phi) is 8.14. The van der Waals surface area contributed by atoms with E-state index in [4.69, 9.17) is 5.73 Å². The second-order valence-corrected chi connectivity index (χ2v) is 10.9. The molecule has 0 saturated carbocycles. The van der Waals surface area contributed by atoms with Crippen molar-refractivity contribution in [2.75, 3.05) is 24.1 Å². The molecule has 1 aliphatic rings. The molecule has 2 amide bonds. The summed E-state index contributed by atoms with van der Waals surface area (Å²) >= 11 is 0. The summed E-state index contributed by atoms with van der Waals surface area (Å²) in [6.07, 6.45) is 4.64. The summed E-state index contributed by atoms with van der Waals surface area (Å²) in [5.74, 6) is 5.47. The summed E-state index contributed by atoms with van der Waals surface area (Å²) < 4.78 is 3.20. The number of carbonyl (C=O) groups is 2. The molecule has 1 saturated heterocycles. The van der Waals surface area contributed by atoms with Gasteiger partial charge in [0.1, 0.15) is 23.5 Å². The first-order chi connectivity index (χ1) is 21.8. The first-order valence-electron chi connectivity index (χ1n) is 14.6. The molecule has 1 aliphatic heterocycles. The molecular formula is C34H31N7O4. The number of carbonyl (C=O) groups excluding carboxylic acids is 2. The van der Waals surface area contributed by atoms with Gasteiger partial charge in [-0.3, -0.25) is 19.0 Å². The van der Waals surface area contributed by atoms with Gasteiger partial charge in [-0.25, -0.2) is 9.50 Å². The van der Waals surface area contributed by atoms with E-state index in [2.05, 4.69) is 33.3 Å². The van der Waals surface area contributed by atoms with Gasteiger partial charge in [0.05, 0.1) is 0 Å². The van der Waals surface area contributed by atoms with Gasteiger partial charge in [0.25, 0.3) is 11.5 Å². The van der Waals surface area contributed by atoms with Crippen molar-refractivity contribution < 1.29 is 14.7 Å². The predicted octanol–water partition coefficient (Wildman–Crippen LogP) is 3.45. The highest BCUT2D eigenvalue weighted by Gasteiger charge is 2.25. The standard InChI is InChI=1S/C34H31N7O4/c1-22(43)7-8-23-17-29(34(45)40(19-23)27-5-3-2-4-6-27)33(44)38-26-11-9-24(10-12-26)28-18-30(25-13-15-39(21-42)16-14-25)41-31(28)32(35)36-20-37-41/h2-6,9-12,17-22,25,43H,13-16H2,1H3,(H,38,44)(H2,35,36,37). The van der Waals surface area contributed by atoms with Crippen LogP contribution in [0.5, 0.6) is 0 Å². The maximum Gasteiger partial charge on any atom is 0.268 e. The molecule has 1 fully saturated rings. The quantitative estimate of drug-likeness (QED) is 0.199. The lowest BCUT2D eigenvalue weighted by molar-refractivity contribution is -0.119. The van der Waals surface area contributed by atoms with Gasteiger partial charge in [0.2, 0.25) is 6.41 Å². The lowest BCUT2D eigenvalue weighted by Crippen LogP contribution is -2.32. The number of rotatable bonds is 6.